The number of halogens is 3. The Bertz CT molecular complexity index is 1090. The fourth-order valence-electron chi connectivity index (χ4n) is 4.75. The number of hydrogen-bond donors (Lipinski definition) is 0. The summed E-state index contributed by atoms with van der Waals surface area (Å²) in [5.41, 5.74) is 2.91. The van der Waals surface area contributed by atoms with Crippen molar-refractivity contribution in [3.05, 3.63) is 64.2 Å². The highest BCUT2D eigenvalue weighted by Gasteiger charge is 2.36. The van der Waals surface area contributed by atoms with Crippen molar-refractivity contribution in [2.45, 2.75) is 77.4 Å². The maximum Gasteiger partial charge on any atom is 0.416 e. The standard InChI is InChI=1S/C28H35F3N2O/c1-3-21-16-23(10-11-24(21)18-33-14-7-15-33)20(2)32-19-34-25-12-13-26(22-8-5-4-6-9-22)27(17-25)28(29,30)31/h10-13,16-17,22H,3-9,14-15,18-19H2,1-2H3/b32-20+/i18D2. The number of aliphatic imine (C=N–C) groups is 1. The molecule has 0 N–H and O–H groups in total. The van der Waals surface area contributed by atoms with E-state index in [9.17, 15) is 13.2 Å². The van der Waals surface area contributed by atoms with Crippen molar-refractivity contribution in [2.24, 2.45) is 4.99 Å². The molecule has 0 aromatic heterocycles. The number of hydrogen-bond acceptors (Lipinski definition) is 3. The third-order valence-corrected chi connectivity index (χ3v) is 6.95. The average molecular weight is 475 g/mol. The van der Waals surface area contributed by atoms with Crippen LogP contribution >= 0.6 is 0 Å². The van der Waals surface area contributed by atoms with Crippen LogP contribution in [-0.4, -0.2) is 30.4 Å². The van der Waals surface area contributed by atoms with Crippen LogP contribution in [0.15, 0.2) is 41.4 Å². The largest absolute Gasteiger partial charge is 0.471 e. The number of rotatable bonds is 8. The highest BCUT2D eigenvalue weighted by Crippen LogP contribution is 2.42. The first-order valence-corrected chi connectivity index (χ1v) is 12.3. The van der Waals surface area contributed by atoms with Crippen molar-refractivity contribution >= 4 is 5.71 Å². The van der Waals surface area contributed by atoms with Gasteiger partial charge < -0.3 is 4.74 Å². The van der Waals surface area contributed by atoms with Crippen molar-refractivity contribution < 1.29 is 20.6 Å². The summed E-state index contributed by atoms with van der Waals surface area (Å²) < 4.78 is 64.1. The molecular weight excluding hydrogens is 437 g/mol. The van der Waals surface area contributed by atoms with Crippen LogP contribution < -0.4 is 4.74 Å². The van der Waals surface area contributed by atoms with Gasteiger partial charge in [0, 0.05) is 15.0 Å². The zero-order valence-corrected chi connectivity index (χ0v) is 20.0. The second-order valence-electron chi connectivity index (χ2n) is 9.28. The smallest absolute Gasteiger partial charge is 0.416 e. The first-order valence-electron chi connectivity index (χ1n) is 13.3. The van der Waals surface area contributed by atoms with Gasteiger partial charge >= 0.3 is 6.18 Å². The Kier molecular flexibility index (Phi) is 7.12. The van der Waals surface area contributed by atoms with Gasteiger partial charge in [0.05, 0.1) is 5.56 Å². The summed E-state index contributed by atoms with van der Waals surface area (Å²) in [6.45, 7) is 3.75. The van der Waals surface area contributed by atoms with Crippen LogP contribution in [-0.2, 0) is 19.1 Å². The molecule has 1 aliphatic heterocycles. The molecule has 0 spiro atoms. The van der Waals surface area contributed by atoms with Crippen LogP contribution in [0.4, 0.5) is 13.2 Å². The van der Waals surface area contributed by atoms with Gasteiger partial charge in [0.25, 0.3) is 0 Å². The molecule has 3 nitrogen and oxygen atoms in total. The van der Waals surface area contributed by atoms with Gasteiger partial charge in [-0.25, -0.2) is 0 Å². The van der Waals surface area contributed by atoms with Gasteiger partial charge in [0.15, 0.2) is 6.73 Å². The lowest BCUT2D eigenvalue weighted by molar-refractivity contribution is -0.138. The van der Waals surface area contributed by atoms with E-state index >= 15 is 0 Å². The Morgan fingerprint density at radius 3 is 2.47 bits per heavy atom. The van der Waals surface area contributed by atoms with E-state index in [1.807, 2.05) is 36.9 Å². The number of nitrogens with zero attached hydrogens (tertiary/aromatic N) is 2. The highest BCUT2D eigenvalue weighted by atomic mass is 19.4. The zero-order valence-electron chi connectivity index (χ0n) is 22.0. The Labute approximate surface area is 203 Å². The first kappa shape index (κ1) is 22.1. The topological polar surface area (TPSA) is 24.8 Å². The third kappa shape index (κ3) is 6.01. The van der Waals surface area contributed by atoms with Crippen LogP contribution in [0.25, 0.3) is 0 Å². The lowest BCUT2D eigenvalue weighted by atomic mass is 9.82. The number of ether oxygens (including phenoxy) is 1. The van der Waals surface area contributed by atoms with E-state index in [2.05, 4.69) is 4.99 Å². The number of alkyl halides is 3. The second-order valence-corrected chi connectivity index (χ2v) is 9.28. The summed E-state index contributed by atoms with van der Waals surface area (Å²) in [4.78, 5) is 6.27. The molecular formula is C28H35F3N2O. The molecule has 1 aliphatic carbocycles. The molecule has 2 fully saturated rings. The molecule has 6 heteroatoms. The summed E-state index contributed by atoms with van der Waals surface area (Å²) in [5.74, 6) is 0.110. The molecule has 0 bridgehead atoms. The Morgan fingerprint density at radius 2 is 1.82 bits per heavy atom. The monoisotopic (exact) mass is 474 g/mol. The van der Waals surface area contributed by atoms with Crippen LogP contribution in [0.3, 0.4) is 0 Å². The van der Waals surface area contributed by atoms with E-state index in [1.165, 1.54) is 0 Å². The summed E-state index contributed by atoms with van der Waals surface area (Å²) in [7, 11) is 0. The van der Waals surface area contributed by atoms with E-state index in [1.54, 1.807) is 12.1 Å². The average Bonchev–Trinajstić information content (AvgIpc) is 2.82. The van der Waals surface area contributed by atoms with Crippen LogP contribution in [0.5, 0.6) is 5.75 Å². The molecule has 1 saturated carbocycles. The fourth-order valence-corrected chi connectivity index (χ4v) is 4.75. The fraction of sp³-hybridized carbons (Fsp3) is 0.536. The van der Waals surface area contributed by atoms with E-state index < -0.39 is 18.2 Å². The van der Waals surface area contributed by atoms with Crippen LogP contribution in [0.1, 0.15) is 88.8 Å². The predicted octanol–water partition coefficient (Wildman–Crippen LogP) is 7.37. The Morgan fingerprint density at radius 1 is 1.06 bits per heavy atom. The summed E-state index contributed by atoms with van der Waals surface area (Å²) in [5, 5.41) is 0. The molecule has 34 heavy (non-hydrogen) atoms. The van der Waals surface area contributed by atoms with Gasteiger partial charge in [-0.3, -0.25) is 9.89 Å². The van der Waals surface area contributed by atoms with Crippen molar-refractivity contribution in [2.75, 3.05) is 19.8 Å². The molecule has 0 unspecified atom stereocenters. The summed E-state index contributed by atoms with van der Waals surface area (Å²) >= 11 is 0. The van der Waals surface area contributed by atoms with Gasteiger partial charge in [-0.15, -0.1) is 0 Å². The lowest BCUT2D eigenvalue weighted by Gasteiger charge is -2.31. The summed E-state index contributed by atoms with van der Waals surface area (Å²) in [6, 6.07) is 9.93. The zero-order chi connectivity index (χ0) is 25.9. The molecule has 4 rings (SSSR count). The van der Waals surface area contributed by atoms with Crippen molar-refractivity contribution in [1.29, 1.82) is 0 Å². The molecule has 0 amide bonds. The van der Waals surface area contributed by atoms with Crippen molar-refractivity contribution in [1.82, 2.24) is 4.90 Å². The minimum absolute atomic E-state index is 0.0484. The van der Waals surface area contributed by atoms with Gasteiger partial charge in [0.2, 0.25) is 0 Å². The molecule has 2 aliphatic rings. The highest BCUT2D eigenvalue weighted by molar-refractivity contribution is 5.98. The van der Waals surface area contributed by atoms with Gasteiger partial charge in [-0.1, -0.05) is 44.4 Å². The molecule has 2 aromatic rings. The van der Waals surface area contributed by atoms with Gasteiger partial charge in [-0.05, 0) is 92.1 Å². The first-order chi connectivity index (χ1) is 17.1. The predicted molar refractivity (Wildman–Crippen MR) is 131 cm³/mol. The maximum absolute atomic E-state index is 13.8. The van der Waals surface area contributed by atoms with Crippen molar-refractivity contribution in [3.8, 4) is 5.75 Å². The normalized spacial score (nSPS) is 19.4. The quantitative estimate of drug-likeness (QED) is 0.373. The van der Waals surface area contributed by atoms with Gasteiger partial charge in [-0.2, -0.15) is 13.2 Å². The SMILES string of the molecule is [2H]C([2H])(c1ccc(/C(C)=N/COc2ccc(C3CCCCC3)c(C(F)(F)F)c2)cc1CC)N1CCC1. The Hall–Kier alpha value is -2.34. The van der Waals surface area contributed by atoms with Crippen LogP contribution in [0.2, 0.25) is 0 Å². The van der Waals surface area contributed by atoms with E-state index in [0.29, 0.717) is 23.3 Å². The van der Waals surface area contributed by atoms with E-state index in [4.69, 9.17) is 7.48 Å². The molecule has 2 aromatic carbocycles. The second kappa shape index (κ2) is 10.9. The minimum Gasteiger partial charge on any atom is -0.471 e. The minimum atomic E-state index is -4.43. The number of benzene rings is 2. The molecule has 0 atom stereocenters. The Balaban J connectivity index is 1.47. The lowest BCUT2D eigenvalue weighted by Crippen LogP contribution is -2.36. The van der Waals surface area contributed by atoms with E-state index in [-0.39, 0.29) is 18.4 Å². The van der Waals surface area contributed by atoms with E-state index in [0.717, 1.165) is 68.8 Å². The summed E-state index contributed by atoms with van der Waals surface area (Å²) in [6.07, 6.45) is 1.90. The molecule has 184 valence electrons. The number of likely N-dealkylation sites (tertiary alicyclic amines) is 1. The van der Waals surface area contributed by atoms with Crippen LogP contribution in [0, 0.1) is 0 Å². The van der Waals surface area contributed by atoms with Crippen molar-refractivity contribution in [3.63, 3.8) is 0 Å². The molecule has 1 saturated heterocycles. The third-order valence-electron chi connectivity index (χ3n) is 6.95. The van der Waals surface area contributed by atoms with Gasteiger partial charge in [0.1, 0.15) is 5.75 Å². The molecule has 0 radical (unpaired) electrons. The number of aryl methyl sites for hydroxylation is 1. The maximum atomic E-state index is 13.8. The molecule has 1 heterocycles.